The fraction of sp³-hybridized carbons (Fsp3) is 0.368. The Hall–Kier alpha value is -3.32. The van der Waals surface area contributed by atoms with Gasteiger partial charge in [0, 0.05) is 13.1 Å². The van der Waals surface area contributed by atoms with Crippen LogP contribution in [0.15, 0.2) is 30.7 Å². The summed E-state index contributed by atoms with van der Waals surface area (Å²) in [7, 11) is 0. The molecule has 1 saturated carbocycles. The van der Waals surface area contributed by atoms with Crippen LogP contribution in [-0.2, 0) is 4.79 Å². The molecule has 2 aliphatic rings. The van der Waals surface area contributed by atoms with Gasteiger partial charge in [-0.3, -0.25) is 4.79 Å². The molecule has 1 atom stereocenters. The summed E-state index contributed by atoms with van der Waals surface area (Å²) in [5.41, 5.74) is 2.59. The second kappa shape index (κ2) is 6.53. The van der Waals surface area contributed by atoms with Crippen LogP contribution in [0, 0.1) is 28.7 Å². The number of hydrogen-bond donors (Lipinski definition) is 1. The minimum Gasteiger partial charge on any atom is -0.310 e. The number of imidazole rings is 1. The van der Waals surface area contributed by atoms with Gasteiger partial charge < -0.3 is 14.8 Å². The topological polar surface area (TPSA) is 97.7 Å². The molecule has 1 saturated heterocycles. The van der Waals surface area contributed by atoms with Crippen LogP contribution in [-0.4, -0.2) is 33.4 Å². The maximum absolute atomic E-state index is 12.3. The number of amides is 1. The Morgan fingerprint density at radius 2 is 2.12 bits per heavy atom. The summed E-state index contributed by atoms with van der Waals surface area (Å²) < 4.78 is 1.77. The zero-order valence-corrected chi connectivity index (χ0v) is 14.2. The maximum Gasteiger partial charge on any atom is 0.230 e. The van der Waals surface area contributed by atoms with Crippen molar-refractivity contribution in [2.75, 3.05) is 18.4 Å². The molecule has 1 amide bonds. The fourth-order valence-electron chi connectivity index (χ4n) is 3.34. The number of nitrogens with one attached hydrogen (secondary N) is 1. The van der Waals surface area contributed by atoms with Crippen LogP contribution in [0.4, 0.5) is 5.82 Å². The van der Waals surface area contributed by atoms with Crippen molar-refractivity contribution in [3.05, 3.63) is 41.9 Å². The van der Waals surface area contributed by atoms with E-state index < -0.39 is 0 Å². The second-order valence-corrected chi connectivity index (χ2v) is 6.85. The Morgan fingerprint density at radius 1 is 1.27 bits per heavy atom. The summed E-state index contributed by atoms with van der Waals surface area (Å²) in [5, 5.41) is 21.1. The van der Waals surface area contributed by atoms with Gasteiger partial charge in [0.2, 0.25) is 5.91 Å². The van der Waals surface area contributed by atoms with Crippen molar-refractivity contribution in [1.29, 1.82) is 10.5 Å². The monoisotopic (exact) mass is 346 g/mol. The third kappa shape index (κ3) is 3.12. The van der Waals surface area contributed by atoms with E-state index in [1.807, 2.05) is 18.2 Å². The third-order valence-corrected chi connectivity index (χ3v) is 5.00. The Labute approximate surface area is 151 Å². The molecule has 1 aromatic carbocycles. The predicted molar refractivity (Wildman–Crippen MR) is 94.2 cm³/mol. The quantitative estimate of drug-likeness (QED) is 0.857. The van der Waals surface area contributed by atoms with Gasteiger partial charge in [-0.25, -0.2) is 4.98 Å². The first-order chi connectivity index (χ1) is 12.7. The molecular formula is C19H18N6O. The highest BCUT2D eigenvalue weighted by atomic mass is 16.2. The van der Waals surface area contributed by atoms with Crippen LogP contribution in [0.25, 0.3) is 5.69 Å². The first kappa shape index (κ1) is 16.2. The normalized spacial score (nSPS) is 19.0. The molecule has 26 heavy (non-hydrogen) atoms. The average molecular weight is 346 g/mol. The van der Waals surface area contributed by atoms with Crippen molar-refractivity contribution in [2.24, 2.45) is 5.92 Å². The molecule has 0 radical (unpaired) electrons. The van der Waals surface area contributed by atoms with E-state index in [1.54, 1.807) is 22.0 Å². The molecule has 1 aromatic heterocycles. The van der Waals surface area contributed by atoms with E-state index in [2.05, 4.69) is 22.6 Å². The molecule has 2 fully saturated rings. The number of rotatable bonds is 4. The molecule has 2 heterocycles. The summed E-state index contributed by atoms with van der Waals surface area (Å²) in [4.78, 5) is 18.2. The summed E-state index contributed by atoms with van der Waals surface area (Å²) in [6.45, 7) is 1.06. The number of hydrogen-bond acceptors (Lipinski definition) is 5. The maximum atomic E-state index is 12.3. The van der Waals surface area contributed by atoms with Gasteiger partial charge in [0.1, 0.15) is 12.4 Å². The molecule has 7 nitrogen and oxygen atoms in total. The van der Waals surface area contributed by atoms with Gasteiger partial charge in [0.15, 0.2) is 12.0 Å². The standard InChI is InChI=1S/C19H18N6O/c20-8-15-4-3-14(13-1-2-13)7-17(15)25-10-18(22-12-25)23-19(26)16-5-6-24(9-16)11-21/h3-4,7,10,12-13,16H,1-2,5-6,9H2,(H,23,26). The largest absolute Gasteiger partial charge is 0.310 e. The average Bonchev–Trinajstić information content (AvgIpc) is 3.22. The van der Waals surface area contributed by atoms with Crippen molar-refractivity contribution < 1.29 is 4.79 Å². The van der Waals surface area contributed by atoms with E-state index in [4.69, 9.17) is 5.26 Å². The van der Waals surface area contributed by atoms with Crippen LogP contribution in [0.5, 0.6) is 0 Å². The Morgan fingerprint density at radius 3 is 2.81 bits per heavy atom. The summed E-state index contributed by atoms with van der Waals surface area (Å²) in [6.07, 6.45) is 8.46. The molecule has 130 valence electrons. The van der Waals surface area contributed by atoms with Crippen LogP contribution in [0.1, 0.15) is 36.3 Å². The summed E-state index contributed by atoms with van der Waals surface area (Å²) in [5.74, 6) is 0.716. The van der Waals surface area contributed by atoms with Crippen molar-refractivity contribution >= 4 is 11.7 Å². The molecular weight excluding hydrogens is 328 g/mol. The van der Waals surface area contributed by atoms with Crippen LogP contribution in [0.2, 0.25) is 0 Å². The van der Waals surface area contributed by atoms with E-state index >= 15 is 0 Å². The Kier molecular flexibility index (Phi) is 4.06. The second-order valence-electron chi connectivity index (χ2n) is 6.85. The highest BCUT2D eigenvalue weighted by Crippen LogP contribution is 2.41. The first-order valence-electron chi connectivity index (χ1n) is 8.72. The van der Waals surface area contributed by atoms with Gasteiger partial charge in [-0.2, -0.15) is 10.5 Å². The lowest BCUT2D eigenvalue weighted by Crippen LogP contribution is -2.25. The number of nitriles is 2. The number of anilines is 1. The number of aromatic nitrogens is 2. The van der Waals surface area contributed by atoms with Crippen molar-refractivity contribution in [1.82, 2.24) is 14.5 Å². The summed E-state index contributed by atoms with van der Waals surface area (Å²) >= 11 is 0. The molecule has 1 unspecified atom stereocenters. The Balaban J connectivity index is 1.52. The van der Waals surface area contributed by atoms with Crippen LogP contribution in [0.3, 0.4) is 0 Å². The number of nitrogens with zero attached hydrogens (tertiary/aromatic N) is 5. The van der Waals surface area contributed by atoms with Crippen LogP contribution >= 0.6 is 0 Å². The molecule has 7 heteroatoms. The fourth-order valence-corrected chi connectivity index (χ4v) is 3.34. The molecule has 1 aliphatic heterocycles. The lowest BCUT2D eigenvalue weighted by Gasteiger charge is -2.09. The smallest absolute Gasteiger partial charge is 0.230 e. The lowest BCUT2D eigenvalue weighted by molar-refractivity contribution is -0.119. The molecule has 2 aromatic rings. The minimum absolute atomic E-state index is 0.125. The highest BCUT2D eigenvalue weighted by Gasteiger charge is 2.28. The molecule has 0 spiro atoms. The van der Waals surface area contributed by atoms with Crippen molar-refractivity contribution in [3.63, 3.8) is 0 Å². The summed E-state index contributed by atoms with van der Waals surface area (Å²) in [6, 6.07) is 8.11. The number of carbonyl (C=O) groups is 1. The zero-order valence-electron chi connectivity index (χ0n) is 14.2. The van der Waals surface area contributed by atoms with Gasteiger partial charge in [0.05, 0.1) is 23.4 Å². The highest BCUT2D eigenvalue weighted by molar-refractivity contribution is 5.92. The molecule has 1 N–H and O–H groups in total. The van der Waals surface area contributed by atoms with Crippen molar-refractivity contribution in [2.45, 2.75) is 25.2 Å². The van der Waals surface area contributed by atoms with Gasteiger partial charge >= 0.3 is 0 Å². The van der Waals surface area contributed by atoms with Gasteiger partial charge in [-0.15, -0.1) is 0 Å². The van der Waals surface area contributed by atoms with Gasteiger partial charge in [-0.05, 0) is 42.9 Å². The van der Waals surface area contributed by atoms with E-state index in [9.17, 15) is 10.1 Å². The van der Waals surface area contributed by atoms with E-state index in [1.165, 1.54) is 18.4 Å². The molecule has 4 rings (SSSR count). The molecule has 1 aliphatic carbocycles. The number of carbonyl (C=O) groups excluding carboxylic acids is 1. The Bertz CT molecular complexity index is 930. The third-order valence-electron chi connectivity index (χ3n) is 5.00. The molecule has 0 bridgehead atoms. The van der Waals surface area contributed by atoms with E-state index in [0.29, 0.717) is 36.8 Å². The van der Waals surface area contributed by atoms with Crippen LogP contribution < -0.4 is 5.32 Å². The predicted octanol–water partition coefficient (Wildman–Crippen LogP) is 2.36. The SMILES string of the molecule is N#Cc1ccc(C2CC2)cc1-n1cnc(NC(=O)C2CCN(C#N)C2)c1. The van der Waals surface area contributed by atoms with Crippen molar-refractivity contribution in [3.8, 4) is 17.9 Å². The minimum atomic E-state index is -0.201. The zero-order chi connectivity index (χ0) is 18.1. The lowest BCUT2D eigenvalue weighted by atomic mass is 10.1. The number of benzene rings is 1. The first-order valence-corrected chi connectivity index (χ1v) is 8.72. The number of likely N-dealkylation sites (tertiary alicyclic amines) is 1. The van der Waals surface area contributed by atoms with Gasteiger partial charge in [-0.1, -0.05) is 6.07 Å². The van der Waals surface area contributed by atoms with Gasteiger partial charge in [0.25, 0.3) is 0 Å². The van der Waals surface area contributed by atoms with E-state index in [0.717, 1.165) is 5.69 Å². The van der Waals surface area contributed by atoms with E-state index in [-0.39, 0.29) is 11.8 Å².